The van der Waals surface area contributed by atoms with Crippen molar-refractivity contribution < 1.29 is 14.0 Å². The topological polar surface area (TPSA) is 76.4 Å². The number of nitrogens with one attached hydrogen (secondary N) is 1. The predicted octanol–water partition coefficient (Wildman–Crippen LogP) is 3.14. The highest BCUT2D eigenvalue weighted by Crippen LogP contribution is 2.20. The van der Waals surface area contributed by atoms with Crippen LogP contribution in [0.25, 0.3) is 0 Å². The fraction of sp³-hybridized carbons (Fsp3) is 0.286. The smallest absolute Gasteiger partial charge is 0.255 e. The molecule has 29 heavy (non-hydrogen) atoms. The number of amides is 2. The molecule has 0 saturated carbocycles. The minimum atomic E-state index is -0.476. The van der Waals surface area contributed by atoms with Gasteiger partial charge in [0.25, 0.3) is 5.91 Å². The van der Waals surface area contributed by atoms with Crippen LogP contribution in [0.15, 0.2) is 42.5 Å². The lowest BCUT2D eigenvalue weighted by atomic mass is 10.1. The van der Waals surface area contributed by atoms with E-state index in [0.717, 1.165) is 6.07 Å². The van der Waals surface area contributed by atoms with E-state index >= 15 is 0 Å². The number of rotatable bonds is 5. The quantitative estimate of drug-likeness (QED) is 0.815. The van der Waals surface area contributed by atoms with Gasteiger partial charge in [-0.2, -0.15) is 5.26 Å². The zero-order chi connectivity index (χ0) is 20.8. The highest BCUT2D eigenvalue weighted by molar-refractivity contribution is 6.33. The van der Waals surface area contributed by atoms with E-state index < -0.39 is 5.82 Å². The third-order valence-electron chi connectivity index (χ3n) is 4.77. The summed E-state index contributed by atoms with van der Waals surface area (Å²) >= 11 is 5.98. The molecule has 1 fully saturated rings. The number of halogens is 2. The molecular formula is C21H20ClFN4O2. The summed E-state index contributed by atoms with van der Waals surface area (Å²) in [5.41, 5.74) is 1.49. The van der Waals surface area contributed by atoms with Crippen LogP contribution in [-0.4, -0.2) is 54.3 Å². The number of anilines is 1. The molecule has 0 unspecified atom stereocenters. The van der Waals surface area contributed by atoms with E-state index in [0.29, 0.717) is 56.0 Å². The van der Waals surface area contributed by atoms with Gasteiger partial charge in [-0.3, -0.25) is 14.5 Å². The third-order valence-corrected chi connectivity index (χ3v) is 5.09. The molecule has 0 aliphatic carbocycles. The summed E-state index contributed by atoms with van der Waals surface area (Å²) in [4.78, 5) is 28.5. The number of carbonyl (C=O) groups is 2. The van der Waals surface area contributed by atoms with Gasteiger partial charge >= 0.3 is 0 Å². The van der Waals surface area contributed by atoms with Gasteiger partial charge in [0.2, 0.25) is 5.91 Å². The Labute approximate surface area is 173 Å². The number of nitrogens with zero attached hydrogens (tertiary/aromatic N) is 3. The zero-order valence-electron chi connectivity index (χ0n) is 15.7. The summed E-state index contributed by atoms with van der Waals surface area (Å²) in [6.45, 7) is 2.92. The van der Waals surface area contributed by atoms with E-state index in [4.69, 9.17) is 16.9 Å². The van der Waals surface area contributed by atoms with Gasteiger partial charge in [0.15, 0.2) is 0 Å². The number of benzene rings is 2. The highest BCUT2D eigenvalue weighted by Gasteiger charge is 2.24. The second-order valence-electron chi connectivity index (χ2n) is 6.75. The lowest BCUT2D eigenvalue weighted by molar-refractivity contribution is -0.116. The fourth-order valence-electron chi connectivity index (χ4n) is 3.12. The molecule has 1 saturated heterocycles. The van der Waals surface area contributed by atoms with Crippen molar-refractivity contribution in [1.29, 1.82) is 5.26 Å². The van der Waals surface area contributed by atoms with Gasteiger partial charge in [0.1, 0.15) is 5.82 Å². The zero-order valence-corrected chi connectivity index (χ0v) is 16.5. The first-order chi connectivity index (χ1) is 14.0. The Bertz CT molecular complexity index is 935. The van der Waals surface area contributed by atoms with E-state index in [1.807, 2.05) is 6.07 Å². The minimum absolute atomic E-state index is 0.105. The Kier molecular flexibility index (Phi) is 6.81. The summed E-state index contributed by atoms with van der Waals surface area (Å²) in [5, 5.41) is 11.7. The highest BCUT2D eigenvalue weighted by atomic mass is 35.5. The average Bonchev–Trinajstić information content (AvgIpc) is 2.73. The summed E-state index contributed by atoms with van der Waals surface area (Å²) in [6, 6.07) is 12.5. The molecule has 2 aromatic carbocycles. The molecule has 0 spiro atoms. The Morgan fingerprint density at radius 2 is 1.79 bits per heavy atom. The lowest BCUT2D eigenvalue weighted by Gasteiger charge is -2.34. The normalized spacial score (nSPS) is 14.3. The molecule has 2 amide bonds. The van der Waals surface area contributed by atoms with Crippen LogP contribution in [0.4, 0.5) is 10.1 Å². The van der Waals surface area contributed by atoms with Gasteiger partial charge in [-0.05, 0) is 42.5 Å². The Morgan fingerprint density at radius 3 is 2.41 bits per heavy atom. The first kappa shape index (κ1) is 20.8. The van der Waals surface area contributed by atoms with E-state index in [9.17, 15) is 14.0 Å². The van der Waals surface area contributed by atoms with Crippen LogP contribution in [0.3, 0.4) is 0 Å². The average molecular weight is 415 g/mol. The predicted molar refractivity (Wildman–Crippen MR) is 108 cm³/mol. The van der Waals surface area contributed by atoms with Crippen molar-refractivity contribution in [3.05, 3.63) is 64.4 Å². The van der Waals surface area contributed by atoms with E-state index in [-0.39, 0.29) is 16.8 Å². The maximum absolute atomic E-state index is 13.2. The van der Waals surface area contributed by atoms with Gasteiger partial charge in [-0.25, -0.2) is 4.39 Å². The van der Waals surface area contributed by atoms with Crippen LogP contribution >= 0.6 is 11.6 Å². The van der Waals surface area contributed by atoms with Crippen molar-refractivity contribution in [3.8, 4) is 6.07 Å². The second kappa shape index (κ2) is 9.50. The fourth-order valence-corrected chi connectivity index (χ4v) is 3.37. The number of piperazine rings is 1. The molecule has 0 atom stereocenters. The molecular weight excluding hydrogens is 395 g/mol. The summed E-state index contributed by atoms with van der Waals surface area (Å²) in [7, 11) is 0. The summed E-state index contributed by atoms with van der Waals surface area (Å²) < 4.78 is 13.2. The van der Waals surface area contributed by atoms with Gasteiger partial charge in [0, 0.05) is 44.8 Å². The van der Waals surface area contributed by atoms with Crippen LogP contribution < -0.4 is 5.32 Å². The number of hydrogen-bond donors (Lipinski definition) is 1. The standard InChI is InChI=1S/C21H20ClFN4O2/c22-19-13-16(23)3-6-18(19)21(29)27-11-9-26(10-12-27)8-7-20(28)25-17-4-1-15(14-24)2-5-17/h1-6,13H,7-12H2,(H,25,28). The molecule has 1 aliphatic heterocycles. The van der Waals surface area contributed by atoms with Crippen LogP contribution in [0, 0.1) is 17.1 Å². The third kappa shape index (κ3) is 5.53. The first-order valence-corrected chi connectivity index (χ1v) is 9.61. The van der Waals surface area contributed by atoms with Crippen molar-refractivity contribution in [1.82, 2.24) is 9.80 Å². The summed E-state index contributed by atoms with van der Waals surface area (Å²) in [6.07, 6.45) is 0.331. The number of hydrogen-bond acceptors (Lipinski definition) is 4. The number of carbonyl (C=O) groups excluding carboxylic acids is 2. The molecule has 1 N–H and O–H groups in total. The molecule has 6 nitrogen and oxygen atoms in total. The van der Waals surface area contributed by atoms with Gasteiger partial charge in [-0.15, -0.1) is 0 Å². The van der Waals surface area contributed by atoms with Gasteiger partial charge < -0.3 is 10.2 Å². The van der Waals surface area contributed by atoms with E-state index in [1.165, 1.54) is 12.1 Å². The SMILES string of the molecule is N#Cc1ccc(NC(=O)CCN2CCN(C(=O)c3ccc(F)cc3Cl)CC2)cc1. The molecule has 1 aliphatic rings. The lowest BCUT2D eigenvalue weighted by Crippen LogP contribution is -2.49. The Morgan fingerprint density at radius 1 is 1.10 bits per heavy atom. The van der Waals surface area contributed by atoms with Crippen LogP contribution in [0.2, 0.25) is 5.02 Å². The minimum Gasteiger partial charge on any atom is -0.336 e. The summed E-state index contributed by atoms with van der Waals surface area (Å²) in [5.74, 6) is -0.796. The van der Waals surface area contributed by atoms with Crippen molar-refractivity contribution >= 4 is 29.1 Å². The van der Waals surface area contributed by atoms with Crippen LogP contribution in [0.1, 0.15) is 22.3 Å². The van der Waals surface area contributed by atoms with Crippen LogP contribution in [-0.2, 0) is 4.79 Å². The monoisotopic (exact) mass is 414 g/mol. The van der Waals surface area contributed by atoms with Crippen molar-refractivity contribution in [2.24, 2.45) is 0 Å². The van der Waals surface area contributed by atoms with Crippen LogP contribution in [0.5, 0.6) is 0 Å². The number of nitriles is 1. The molecule has 0 radical (unpaired) electrons. The van der Waals surface area contributed by atoms with E-state index in [1.54, 1.807) is 29.2 Å². The first-order valence-electron chi connectivity index (χ1n) is 9.23. The maximum Gasteiger partial charge on any atom is 0.255 e. The molecule has 1 heterocycles. The molecule has 0 bridgehead atoms. The largest absolute Gasteiger partial charge is 0.336 e. The van der Waals surface area contributed by atoms with E-state index in [2.05, 4.69) is 10.2 Å². The van der Waals surface area contributed by atoms with Gasteiger partial charge in [0.05, 0.1) is 22.2 Å². The molecule has 0 aromatic heterocycles. The van der Waals surface area contributed by atoms with Crippen molar-refractivity contribution in [3.63, 3.8) is 0 Å². The maximum atomic E-state index is 13.2. The molecule has 3 rings (SSSR count). The molecule has 8 heteroatoms. The molecule has 150 valence electrons. The Hall–Kier alpha value is -2.95. The Balaban J connectivity index is 1.44. The van der Waals surface area contributed by atoms with Crippen molar-refractivity contribution in [2.75, 3.05) is 38.0 Å². The van der Waals surface area contributed by atoms with Crippen molar-refractivity contribution in [2.45, 2.75) is 6.42 Å². The molecule has 2 aromatic rings. The van der Waals surface area contributed by atoms with Gasteiger partial charge in [-0.1, -0.05) is 11.6 Å². The second-order valence-corrected chi connectivity index (χ2v) is 7.15.